The van der Waals surface area contributed by atoms with Gasteiger partial charge in [-0.2, -0.15) is 0 Å². The second-order valence-electron chi connectivity index (χ2n) is 4.22. The van der Waals surface area contributed by atoms with Crippen LogP contribution in [0.3, 0.4) is 0 Å². The number of thiophene rings is 1. The number of hydrogen-bond acceptors (Lipinski definition) is 5. The Morgan fingerprint density at radius 1 is 1.05 bits per heavy atom. The molecule has 0 aliphatic carbocycles. The Bertz CT molecular complexity index is 628. The van der Waals surface area contributed by atoms with Gasteiger partial charge in [-0.3, -0.25) is 20.4 Å². The van der Waals surface area contributed by atoms with E-state index in [4.69, 9.17) is 9.47 Å². The molecule has 2 aromatic rings. The zero-order valence-electron chi connectivity index (χ0n) is 12.0. The van der Waals surface area contributed by atoms with Gasteiger partial charge < -0.3 is 9.47 Å². The first-order valence-corrected chi connectivity index (χ1v) is 7.45. The summed E-state index contributed by atoms with van der Waals surface area (Å²) in [6, 6.07) is 10.2. The Morgan fingerprint density at radius 2 is 1.82 bits per heavy atom. The maximum absolute atomic E-state index is 12.1. The first-order chi connectivity index (χ1) is 10.7. The van der Waals surface area contributed by atoms with Crippen molar-refractivity contribution in [3.8, 4) is 5.75 Å². The highest BCUT2D eigenvalue weighted by molar-refractivity contribution is 7.12. The second kappa shape index (κ2) is 8.16. The fraction of sp³-hybridized carbons (Fsp3) is 0.200. The lowest BCUT2D eigenvalue weighted by Crippen LogP contribution is -2.41. The summed E-state index contributed by atoms with van der Waals surface area (Å²) in [5.74, 6) is -0.374. The van der Waals surface area contributed by atoms with E-state index in [-0.39, 0.29) is 5.91 Å². The van der Waals surface area contributed by atoms with Crippen LogP contribution < -0.4 is 15.6 Å². The summed E-state index contributed by atoms with van der Waals surface area (Å²) >= 11 is 1.29. The number of para-hydroxylation sites is 1. The lowest BCUT2D eigenvalue weighted by atomic mass is 10.2. The molecule has 22 heavy (non-hydrogen) atoms. The molecule has 1 heterocycles. The molecule has 0 bridgehead atoms. The molecule has 0 atom stereocenters. The average Bonchev–Trinajstić information content (AvgIpc) is 3.07. The van der Waals surface area contributed by atoms with Gasteiger partial charge in [0.1, 0.15) is 12.4 Å². The predicted molar refractivity (Wildman–Crippen MR) is 83.1 cm³/mol. The zero-order valence-corrected chi connectivity index (χ0v) is 12.8. The van der Waals surface area contributed by atoms with Crippen LogP contribution in [0, 0.1) is 0 Å². The van der Waals surface area contributed by atoms with E-state index in [0.717, 1.165) is 0 Å². The third kappa shape index (κ3) is 4.31. The highest BCUT2D eigenvalue weighted by atomic mass is 32.1. The van der Waals surface area contributed by atoms with Crippen molar-refractivity contribution in [2.75, 3.05) is 20.3 Å². The number of amides is 2. The molecule has 0 aliphatic heterocycles. The van der Waals surface area contributed by atoms with E-state index >= 15 is 0 Å². The molecule has 0 unspecified atom stereocenters. The minimum Gasteiger partial charge on any atom is -0.490 e. The SMILES string of the molecule is COCCOc1ccccc1C(=O)NNC(=O)c1cccs1. The zero-order chi connectivity index (χ0) is 15.8. The molecular weight excluding hydrogens is 304 g/mol. The molecular formula is C15H16N2O4S. The number of ether oxygens (including phenoxy) is 2. The van der Waals surface area contributed by atoms with Gasteiger partial charge in [0.05, 0.1) is 17.0 Å². The van der Waals surface area contributed by atoms with Crippen molar-refractivity contribution in [1.29, 1.82) is 0 Å². The lowest BCUT2D eigenvalue weighted by Gasteiger charge is -2.11. The van der Waals surface area contributed by atoms with Crippen molar-refractivity contribution in [1.82, 2.24) is 10.9 Å². The number of carbonyl (C=O) groups is 2. The summed E-state index contributed by atoms with van der Waals surface area (Å²) in [6.45, 7) is 0.757. The van der Waals surface area contributed by atoms with E-state index in [2.05, 4.69) is 10.9 Å². The Hall–Kier alpha value is -2.38. The standard InChI is InChI=1S/C15H16N2O4S/c1-20-8-9-21-12-6-3-2-5-11(12)14(18)16-17-15(19)13-7-4-10-22-13/h2-7,10H,8-9H2,1H3,(H,16,18)(H,17,19). The van der Waals surface area contributed by atoms with Gasteiger partial charge in [0.25, 0.3) is 11.8 Å². The molecule has 116 valence electrons. The quantitative estimate of drug-likeness (QED) is 0.629. The maximum Gasteiger partial charge on any atom is 0.279 e. The van der Waals surface area contributed by atoms with Crippen LogP contribution >= 0.6 is 11.3 Å². The van der Waals surface area contributed by atoms with Crippen LogP contribution in [0.2, 0.25) is 0 Å². The molecule has 0 aliphatic rings. The summed E-state index contributed by atoms with van der Waals surface area (Å²) in [6.07, 6.45) is 0. The van der Waals surface area contributed by atoms with E-state index in [9.17, 15) is 9.59 Å². The Labute approximate surface area is 132 Å². The Kier molecular flexibility index (Phi) is 5.93. The minimum absolute atomic E-state index is 0.336. The van der Waals surface area contributed by atoms with Crippen molar-refractivity contribution >= 4 is 23.2 Å². The topological polar surface area (TPSA) is 76.7 Å². The summed E-state index contributed by atoms with van der Waals surface area (Å²) in [5.41, 5.74) is 5.08. The van der Waals surface area contributed by atoms with E-state index in [1.54, 1.807) is 48.9 Å². The molecule has 0 saturated heterocycles. The van der Waals surface area contributed by atoms with E-state index in [0.29, 0.717) is 29.4 Å². The number of methoxy groups -OCH3 is 1. The largest absolute Gasteiger partial charge is 0.490 e. The second-order valence-corrected chi connectivity index (χ2v) is 5.17. The van der Waals surface area contributed by atoms with Crippen molar-refractivity contribution in [2.45, 2.75) is 0 Å². The molecule has 2 amide bonds. The third-order valence-corrected chi connectivity index (χ3v) is 3.58. The molecule has 1 aromatic heterocycles. The number of hydrogen-bond donors (Lipinski definition) is 2. The Morgan fingerprint density at radius 3 is 2.55 bits per heavy atom. The number of nitrogens with one attached hydrogen (secondary N) is 2. The van der Waals surface area contributed by atoms with Crippen molar-refractivity contribution in [3.05, 3.63) is 52.2 Å². The predicted octanol–water partition coefficient (Wildman–Crippen LogP) is 1.85. The monoisotopic (exact) mass is 320 g/mol. The molecule has 6 nitrogen and oxygen atoms in total. The maximum atomic E-state index is 12.1. The van der Waals surface area contributed by atoms with Gasteiger partial charge in [-0.25, -0.2) is 0 Å². The molecule has 0 radical (unpaired) electrons. The summed E-state index contributed by atoms with van der Waals surface area (Å²) in [5, 5.41) is 1.79. The van der Waals surface area contributed by atoms with Gasteiger partial charge in [-0.05, 0) is 23.6 Å². The molecule has 7 heteroatoms. The van der Waals surface area contributed by atoms with Crippen LogP contribution in [0.4, 0.5) is 0 Å². The van der Waals surface area contributed by atoms with Crippen LogP contribution in [-0.4, -0.2) is 32.1 Å². The van der Waals surface area contributed by atoms with Crippen LogP contribution in [0.15, 0.2) is 41.8 Å². The van der Waals surface area contributed by atoms with Crippen molar-refractivity contribution in [2.24, 2.45) is 0 Å². The van der Waals surface area contributed by atoms with E-state index in [1.807, 2.05) is 0 Å². The van der Waals surface area contributed by atoms with Crippen molar-refractivity contribution < 1.29 is 19.1 Å². The normalized spacial score (nSPS) is 10.0. The molecule has 2 rings (SSSR count). The van der Waals surface area contributed by atoms with Gasteiger partial charge in [-0.15, -0.1) is 11.3 Å². The molecule has 2 N–H and O–H groups in total. The Balaban J connectivity index is 1.95. The van der Waals surface area contributed by atoms with Crippen LogP contribution in [0.25, 0.3) is 0 Å². The highest BCUT2D eigenvalue weighted by Crippen LogP contribution is 2.17. The van der Waals surface area contributed by atoms with Gasteiger partial charge >= 0.3 is 0 Å². The van der Waals surface area contributed by atoms with Crippen molar-refractivity contribution in [3.63, 3.8) is 0 Å². The number of benzene rings is 1. The van der Waals surface area contributed by atoms with E-state index < -0.39 is 5.91 Å². The fourth-order valence-electron chi connectivity index (χ4n) is 1.67. The van der Waals surface area contributed by atoms with Crippen LogP contribution in [-0.2, 0) is 4.74 Å². The van der Waals surface area contributed by atoms with Crippen LogP contribution in [0.1, 0.15) is 20.0 Å². The molecule has 0 saturated carbocycles. The lowest BCUT2D eigenvalue weighted by molar-refractivity contribution is 0.0845. The van der Waals surface area contributed by atoms with Gasteiger partial charge in [0, 0.05) is 7.11 Å². The molecule has 0 spiro atoms. The first-order valence-electron chi connectivity index (χ1n) is 6.57. The summed E-state index contributed by atoms with van der Waals surface area (Å²) < 4.78 is 10.4. The molecule has 0 fully saturated rings. The number of carbonyl (C=O) groups excluding carboxylic acids is 2. The minimum atomic E-state index is -0.446. The number of hydrazine groups is 1. The number of rotatable bonds is 6. The summed E-state index contributed by atoms with van der Waals surface area (Å²) in [7, 11) is 1.57. The highest BCUT2D eigenvalue weighted by Gasteiger charge is 2.13. The van der Waals surface area contributed by atoms with Gasteiger partial charge in [0.15, 0.2) is 0 Å². The van der Waals surface area contributed by atoms with Gasteiger partial charge in [0.2, 0.25) is 0 Å². The fourth-order valence-corrected chi connectivity index (χ4v) is 2.28. The third-order valence-electron chi connectivity index (χ3n) is 2.71. The van der Waals surface area contributed by atoms with Gasteiger partial charge in [-0.1, -0.05) is 18.2 Å². The average molecular weight is 320 g/mol. The smallest absolute Gasteiger partial charge is 0.279 e. The molecule has 1 aromatic carbocycles. The van der Waals surface area contributed by atoms with E-state index in [1.165, 1.54) is 11.3 Å². The summed E-state index contributed by atoms with van der Waals surface area (Å²) in [4.78, 5) is 24.4. The van der Waals surface area contributed by atoms with Crippen LogP contribution in [0.5, 0.6) is 5.75 Å². The first kappa shape index (κ1) is 16.0.